The van der Waals surface area contributed by atoms with Gasteiger partial charge in [0.1, 0.15) is 0 Å². The van der Waals surface area contributed by atoms with Gasteiger partial charge in [0.15, 0.2) is 5.78 Å². The zero-order valence-electron chi connectivity index (χ0n) is 5.93. The van der Waals surface area contributed by atoms with Crippen molar-refractivity contribution in [1.82, 2.24) is 0 Å². The van der Waals surface area contributed by atoms with Crippen LogP contribution < -0.4 is 0 Å². The van der Waals surface area contributed by atoms with E-state index in [2.05, 4.69) is 4.99 Å². The van der Waals surface area contributed by atoms with Gasteiger partial charge < -0.3 is 0 Å². The zero-order valence-corrected chi connectivity index (χ0v) is 8.38. The van der Waals surface area contributed by atoms with Crippen LogP contribution in [0.25, 0.3) is 0 Å². The Morgan fingerprint density at radius 1 is 1.17 bits per heavy atom. The van der Waals surface area contributed by atoms with Gasteiger partial charge in [0, 0.05) is 6.21 Å². The predicted molar refractivity (Wildman–Crippen MR) is 54.0 cm³/mol. The number of aliphatic imine (C=N–C) groups is 1. The van der Waals surface area contributed by atoms with E-state index >= 15 is 0 Å². The Labute approximate surface area is 88.5 Å². The maximum Gasteiger partial charge on any atom is 0.253 e. The quantitative estimate of drug-likeness (QED) is 0.592. The van der Waals surface area contributed by atoms with E-state index in [9.17, 15) is 9.59 Å². The Bertz CT molecular complexity index is 191. The maximum absolute atomic E-state index is 10.5. The van der Waals surface area contributed by atoms with Crippen molar-refractivity contribution in [3.8, 4) is 0 Å². The summed E-state index contributed by atoms with van der Waals surface area (Å²) in [4.78, 5) is 24.3. The third-order valence-electron chi connectivity index (χ3n) is 0.912. The summed E-state index contributed by atoms with van der Waals surface area (Å²) in [5, 5.41) is 0. The van der Waals surface area contributed by atoms with E-state index in [0.29, 0.717) is 0 Å². The van der Waals surface area contributed by atoms with Crippen LogP contribution in [0.4, 0.5) is 0 Å². The molecule has 0 unspecified atom stereocenters. The van der Waals surface area contributed by atoms with Gasteiger partial charge in [0.25, 0.3) is 5.91 Å². The standard InChI is InChI=1S/C6H5NO2.3ClH/c8-5-2-1-3-7-6(9)4-5;;;/h1-3H,4H2;3*1H. The van der Waals surface area contributed by atoms with Crippen molar-refractivity contribution in [3.63, 3.8) is 0 Å². The number of carbonyl (C=O) groups excluding carboxylic acids is 2. The van der Waals surface area contributed by atoms with Crippen molar-refractivity contribution in [2.45, 2.75) is 6.42 Å². The topological polar surface area (TPSA) is 46.5 Å². The second-order valence-electron chi connectivity index (χ2n) is 1.67. The lowest BCUT2D eigenvalue weighted by Crippen LogP contribution is -1.99. The number of rotatable bonds is 0. The maximum atomic E-state index is 10.5. The number of halogens is 3. The molecule has 0 bridgehead atoms. The molecule has 0 saturated carbocycles. The normalized spacial score (nSPS) is 13.7. The van der Waals surface area contributed by atoms with Crippen molar-refractivity contribution in [2.24, 2.45) is 4.99 Å². The highest BCUT2D eigenvalue weighted by Gasteiger charge is 2.05. The van der Waals surface area contributed by atoms with Gasteiger partial charge in [0.05, 0.1) is 6.42 Å². The Kier molecular flexibility index (Phi) is 12.8. The van der Waals surface area contributed by atoms with Crippen LogP contribution in [0.5, 0.6) is 0 Å². The van der Waals surface area contributed by atoms with Crippen molar-refractivity contribution in [3.05, 3.63) is 12.2 Å². The number of ketones is 1. The van der Waals surface area contributed by atoms with Gasteiger partial charge in [-0.1, -0.05) is 0 Å². The summed E-state index contributed by atoms with van der Waals surface area (Å²) >= 11 is 0. The van der Waals surface area contributed by atoms with Crippen molar-refractivity contribution in [1.29, 1.82) is 0 Å². The number of hydrogen-bond acceptors (Lipinski definition) is 2. The van der Waals surface area contributed by atoms with E-state index in [1.807, 2.05) is 0 Å². The van der Waals surface area contributed by atoms with Crippen molar-refractivity contribution >= 4 is 55.1 Å². The minimum atomic E-state index is -0.370. The monoisotopic (exact) mass is 231 g/mol. The molecule has 0 N–H and O–H groups in total. The molecule has 0 fully saturated rings. The molecular weight excluding hydrogens is 224 g/mol. The van der Waals surface area contributed by atoms with Crippen LogP contribution >= 0.6 is 37.2 Å². The van der Waals surface area contributed by atoms with E-state index < -0.39 is 0 Å². The summed E-state index contributed by atoms with van der Waals surface area (Å²) in [7, 11) is 0. The molecule has 0 spiro atoms. The summed E-state index contributed by atoms with van der Waals surface area (Å²) < 4.78 is 0. The molecular formula is C6H8Cl3NO2. The largest absolute Gasteiger partial charge is 0.294 e. The van der Waals surface area contributed by atoms with E-state index in [0.717, 1.165) is 0 Å². The molecule has 3 nitrogen and oxygen atoms in total. The first kappa shape index (κ1) is 17.6. The van der Waals surface area contributed by atoms with E-state index in [-0.39, 0.29) is 55.3 Å². The minimum Gasteiger partial charge on any atom is -0.294 e. The fourth-order valence-electron chi connectivity index (χ4n) is 0.530. The van der Waals surface area contributed by atoms with Crippen LogP contribution in [-0.4, -0.2) is 17.9 Å². The molecule has 12 heavy (non-hydrogen) atoms. The van der Waals surface area contributed by atoms with Gasteiger partial charge >= 0.3 is 0 Å². The molecule has 0 aromatic rings. The first-order chi connectivity index (χ1) is 4.29. The van der Waals surface area contributed by atoms with E-state index in [4.69, 9.17) is 0 Å². The Morgan fingerprint density at radius 2 is 1.75 bits per heavy atom. The van der Waals surface area contributed by atoms with Crippen LogP contribution in [0.2, 0.25) is 0 Å². The fraction of sp³-hybridized carbons (Fsp3) is 0.167. The molecule has 6 heteroatoms. The highest BCUT2D eigenvalue weighted by atomic mass is 35.5. The number of nitrogens with zero attached hydrogens (tertiary/aromatic N) is 1. The average Bonchev–Trinajstić information content (AvgIpc) is 1.93. The lowest BCUT2D eigenvalue weighted by molar-refractivity contribution is -0.123. The first-order valence-electron chi connectivity index (χ1n) is 2.55. The summed E-state index contributed by atoms with van der Waals surface area (Å²) in [6.07, 6.45) is 4.04. The molecule has 0 radical (unpaired) electrons. The van der Waals surface area contributed by atoms with E-state index in [1.165, 1.54) is 18.4 Å². The van der Waals surface area contributed by atoms with Gasteiger partial charge in [-0.3, -0.25) is 9.59 Å². The Balaban J connectivity index is -0.000000270. The smallest absolute Gasteiger partial charge is 0.253 e. The molecule has 0 saturated heterocycles. The molecule has 1 aliphatic heterocycles. The lowest BCUT2D eigenvalue weighted by atomic mass is 10.3. The number of allylic oxidation sites excluding steroid dienone is 2. The molecule has 0 atom stereocenters. The predicted octanol–water partition coefficient (Wildman–Crippen LogP) is 1.38. The molecule has 0 aliphatic carbocycles. The number of amides is 1. The van der Waals surface area contributed by atoms with Gasteiger partial charge in [-0.15, -0.1) is 37.2 Å². The first-order valence-corrected chi connectivity index (χ1v) is 2.55. The summed E-state index contributed by atoms with van der Waals surface area (Å²) in [5.41, 5.74) is 0. The molecule has 0 aromatic carbocycles. The Hall–Kier alpha value is -0.380. The van der Waals surface area contributed by atoms with Gasteiger partial charge in [-0.25, -0.2) is 4.99 Å². The zero-order chi connectivity index (χ0) is 6.69. The van der Waals surface area contributed by atoms with Crippen LogP contribution in [0.15, 0.2) is 17.1 Å². The summed E-state index contributed by atoms with van der Waals surface area (Å²) in [5.74, 6) is -0.553. The highest BCUT2D eigenvalue weighted by molar-refractivity contribution is 6.09. The third-order valence-corrected chi connectivity index (χ3v) is 0.912. The summed E-state index contributed by atoms with van der Waals surface area (Å²) in [6, 6.07) is 0. The fourth-order valence-corrected chi connectivity index (χ4v) is 0.530. The summed E-state index contributed by atoms with van der Waals surface area (Å²) in [6.45, 7) is 0. The third kappa shape index (κ3) is 6.34. The second kappa shape index (κ2) is 8.71. The van der Waals surface area contributed by atoms with Crippen LogP contribution in [0, 0.1) is 0 Å². The lowest BCUT2D eigenvalue weighted by Gasteiger charge is -1.82. The van der Waals surface area contributed by atoms with Crippen LogP contribution in [-0.2, 0) is 9.59 Å². The molecule has 70 valence electrons. The molecule has 1 rings (SSSR count). The van der Waals surface area contributed by atoms with Gasteiger partial charge in [-0.05, 0) is 12.2 Å². The molecule has 1 amide bonds. The second-order valence-corrected chi connectivity index (χ2v) is 1.67. The van der Waals surface area contributed by atoms with Gasteiger partial charge in [0.2, 0.25) is 0 Å². The highest BCUT2D eigenvalue weighted by Crippen LogP contribution is 1.92. The van der Waals surface area contributed by atoms with Crippen LogP contribution in [0.1, 0.15) is 6.42 Å². The molecule has 1 aliphatic rings. The minimum absolute atomic E-state index is 0. The number of carbonyl (C=O) groups is 2. The van der Waals surface area contributed by atoms with Crippen molar-refractivity contribution < 1.29 is 9.59 Å². The SMILES string of the molecule is Cl.Cl.Cl.O=C1C=CC=NC(=O)C1. The van der Waals surface area contributed by atoms with Gasteiger partial charge in [-0.2, -0.15) is 0 Å². The van der Waals surface area contributed by atoms with Crippen molar-refractivity contribution in [2.75, 3.05) is 0 Å². The van der Waals surface area contributed by atoms with E-state index in [1.54, 1.807) is 0 Å². The molecule has 0 aromatic heterocycles. The Morgan fingerprint density at radius 3 is 2.33 bits per heavy atom. The number of hydrogen-bond donors (Lipinski definition) is 0. The molecule has 1 heterocycles. The van der Waals surface area contributed by atoms with Crippen LogP contribution in [0.3, 0.4) is 0 Å². The average molecular weight is 232 g/mol.